The Morgan fingerprint density at radius 2 is 1.77 bits per heavy atom. The molecule has 0 aromatic rings. The summed E-state index contributed by atoms with van der Waals surface area (Å²) >= 11 is 0. The van der Waals surface area contributed by atoms with E-state index in [0.717, 1.165) is 0 Å². The molecule has 1 amide bonds. The molecule has 4 heteroatoms. The maximum atomic E-state index is 11.2. The monoisotopic (exact) mass is 188 g/mol. The molecule has 13 heavy (non-hydrogen) atoms. The summed E-state index contributed by atoms with van der Waals surface area (Å²) in [7, 11) is 1.71. The van der Waals surface area contributed by atoms with E-state index in [4.69, 9.17) is 0 Å². The number of amides is 1. The van der Waals surface area contributed by atoms with Gasteiger partial charge in [0.15, 0.2) is 0 Å². The molecule has 0 heterocycles. The lowest BCUT2D eigenvalue weighted by Crippen LogP contribution is -2.58. The molecule has 0 spiro atoms. The fraction of sp³-hybridized carbons (Fsp3) is 0.889. The van der Waals surface area contributed by atoms with Crippen LogP contribution in [0.3, 0.4) is 0 Å². The molecule has 0 aliphatic heterocycles. The molecular weight excluding hydrogens is 168 g/mol. The second-order valence-electron chi connectivity index (χ2n) is 4.26. The zero-order chi connectivity index (χ0) is 10.7. The normalized spacial score (nSPS) is 12.8. The third-order valence-electron chi connectivity index (χ3n) is 2.32. The molecular formula is C9H20N2O2. The van der Waals surface area contributed by atoms with Gasteiger partial charge in [0, 0.05) is 0 Å². The lowest BCUT2D eigenvalue weighted by Gasteiger charge is -2.37. The van der Waals surface area contributed by atoms with Gasteiger partial charge in [-0.15, -0.1) is 0 Å². The van der Waals surface area contributed by atoms with Gasteiger partial charge in [0.1, 0.15) is 0 Å². The minimum Gasteiger partial charge on any atom is -0.388 e. The van der Waals surface area contributed by atoms with Crippen molar-refractivity contribution in [3.05, 3.63) is 0 Å². The first-order valence-electron chi connectivity index (χ1n) is 4.38. The number of carbonyl (C=O) groups excluding carboxylic acids is 1. The second kappa shape index (κ2) is 4.07. The number of hydrogen-bond acceptors (Lipinski definition) is 3. The first-order valence-corrected chi connectivity index (χ1v) is 4.38. The molecule has 0 radical (unpaired) electrons. The summed E-state index contributed by atoms with van der Waals surface area (Å²) in [6.45, 7) is 7.19. The van der Waals surface area contributed by atoms with Gasteiger partial charge in [0.25, 0.3) is 0 Å². The van der Waals surface area contributed by atoms with E-state index < -0.39 is 11.1 Å². The maximum Gasteiger partial charge on any atom is 0.234 e. The summed E-state index contributed by atoms with van der Waals surface area (Å²) in [5.74, 6) is -0.116. The molecule has 78 valence electrons. The van der Waals surface area contributed by atoms with Crippen LogP contribution in [0, 0.1) is 0 Å². The lowest BCUT2D eigenvalue weighted by atomic mass is 9.86. The van der Waals surface area contributed by atoms with E-state index in [1.54, 1.807) is 34.7 Å². The van der Waals surface area contributed by atoms with E-state index in [2.05, 4.69) is 10.6 Å². The van der Waals surface area contributed by atoms with Crippen LogP contribution in [0.25, 0.3) is 0 Å². The Morgan fingerprint density at radius 1 is 1.31 bits per heavy atom. The topological polar surface area (TPSA) is 61.4 Å². The Morgan fingerprint density at radius 3 is 2.08 bits per heavy atom. The molecule has 0 atom stereocenters. The van der Waals surface area contributed by atoms with Crippen LogP contribution >= 0.6 is 0 Å². The molecule has 0 aliphatic carbocycles. The highest BCUT2D eigenvalue weighted by Crippen LogP contribution is 2.19. The van der Waals surface area contributed by atoms with Crippen molar-refractivity contribution in [3.8, 4) is 0 Å². The Bertz CT molecular complexity index is 183. The summed E-state index contributed by atoms with van der Waals surface area (Å²) in [5, 5.41) is 15.2. The first-order chi connectivity index (χ1) is 5.70. The van der Waals surface area contributed by atoms with E-state index in [1.807, 2.05) is 0 Å². The highest BCUT2D eigenvalue weighted by atomic mass is 16.3. The first kappa shape index (κ1) is 12.4. The fourth-order valence-corrected chi connectivity index (χ4v) is 0.706. The van der Waals surface area contributed by atoms with Gasteiger partial charge in [-0.1, -0.05) is 0 Å². The standard InChI is InChI=1S/C9H20N2O2/c1-8(2,9(3,4)13)11-7(12)6-10-5/h10,13H,6H2,1-5H3,(H,11,12). The molecule has 0 rings (SSSR count). The van der Waals surface area contributed by atoms with E-state index in [1.165, 1.54) is 0 Å². The summed E-state index contributed by atoms with van der Waals surface area (Å²) in [6, 6.07) is 0. The predicted octanol–water partition coefficient (Wildman–Crippen LogP) is -0.128. The number of aliphatic hydroxyl groups is 1. The number of hydrogen-bond donors (Lipinski definition) is 3. The number of carbonyl (C=O) groups is 1. The van der Waals surface area contributed by atoms with Crippen molar-refractivity contribution in [2.45, 2.75) is 38.8 Å². The van der Waals surface area contributed by atoms with Crippen molar-refractivity contribution in [1.29, 1.82) is 0 Å². The van der Waals surface area contributed by atoms with Crippen molar-refractivity contribution < 1.29 is 9.90 Å². The minimum absolute atomic E-state index is 0.116. The van der Waals surface area contributed by atoms with Crippen LogP contribution < -0.4 is 10.6 Å². The van der Waals surface area contributed by atoms with Crippen LogP contribution in [0.15, 0.2) is 0 Å². The average molecular weight is 188 g/mol. The van der Waals surface area contributed by atoms with Crippen LogP contribution in [0.2, 0.25) is 0 Å². The smallest absolute Gasteiger partial charge is 0.234 e. The van der Waals surface area contributed by atoms with Crippen molar-refractivity contribution in [3.63, 3.8) is 0 Å². The van der Waals surface area contributed by atoms with Gasteiger partial charge in [0.2, 0.25) is 5.91 Å². The van der Waals surface area contributed by atoms with Crippen LogP contribution in [0.1, 0.15) is 27.7 Å². The van der Waals surface area contributed by atoms with Gasteiger partial charge >= 0.3 is 0 Å². The fourth-order valence-electron chi connectivity index (χ4n) is 0.706. The molecule has 0 bridgehead atoms. The van der Waals surface area contributed by atoms with Gasteiger partial charge in [0.05, 0.1) is 17.7 Å². The largest absolute Gasteiger partial charge is 0.388 e. The van der Waals surface area contributed by atoms with Gasteiger partial charge < -0.3 is 15.7 Å². The van der Waals surface area contributed by atoms with Crippen molar-refractivity contribution in [2.75, 3.05) is 13.6 Å². The number of nitrogens with one attached hydrogen (secondary N) is 2. The third kappa shape index (κ3) is 3.74. The van der Waals surface area contributed by atoms with Crippen LogP contribution in [0.5, 0.6) is 0 Å². The quantitative estimate of drug-likeness (QED) is 0.576. The third-order valence-corrected chi connectivity index (χ3v) is 2.32. The molecule has 0 saturated carbocycles. The van der Waals surface area contributed by atoms with E-state index >= 15 is 0 Å². The maximum absolute atomic E-state index is 11.2. The van der Waals surface area contributed by atoms with Crippen LogP contribution in [-0.4, -0.2) is 35.7 Å². The van der Waals surface area contributed by atoms with Gasteiger partial charge in [-0.3, -0.25) is 4.79 Å². The summed E-state index contributed by atoms with van der Waals surface area (Å²) in [5.41, 5.74) is -1.56. The van der Waals surface area contributed by atoms with Gasteiger partial charge in [-0.2, -0.15) is 0 Å². The molecule has 4 nitrogen and oxygen atoms in total. The molecule has 0 unspecified atom stereocenters. The van der Waals surface area contributed by atoms with E-state index in [9.17, 15) is 9.90 Å². The predicted molar refractivity (Wildman–Crippen MR) is 52.4 cm³/mol. The minimum atomic E-state index is -0.934. The number of likely N-dealkylation sites (N-methyl/N-ethyl adjacent to an activating group) is 1. The highest BCUT2D eigenvalue weighted by molar-refractivity contribution is 5.78. The van der Waals surface area contributed by atoms with Crippen molar-refractivity contribution in [1.82, 2.24) is 10.6 Å². The Kier molecular flexibility index (Phi) is 3.88. The molecule has 0 fully saturated rings. The zero-order valence-electron chi connectivity index (χ0n) is 9.06. The molecule has 0 aromatic heterocycles. The average Bonchev–Trinajstić information content (AvgIpc) is 1.83. The zero-order valence-corrected chi connectivity index (χ0v) is 9.06. The molecule has 3 N–H and O–H groups in total. The SMILES string of the molecule is CNCC(=O)NC(C)(C)C(C)(C)O. The van der Waals surface area contributed by atoms with Gasteiger partial charge in [-0.25, -0.2) is 0 Å². The summed E-state index contributed by atoms with van der Waals surface area (Å²) in [4.78, 5) is 11.2. The number of rotatable bonds is 4. The van der Waals surface area contributed by atoms with E-state index in [0.29, 0.717) is 0 Å². The van der Waals surface area contributed by atoms with Crippen LogP contribution in [-0.2, 0) is 4.79 Å². The Balaban J connectivity index is 4.26. The lowest BCUT2D eigenvalue weighted by molar-refractivity contribution is -0.125. The highest BCUT2D eigenvalue weighted by Gasteiger charge is 2.35. The van der Waals surface area contributed by atoms with Crippen molar-refractivity contribution >= 4 is 5.91 Å². The van der Waals surface area contributed by atoms with E-state index in [-0.39, 0.29) is 12.5 Å². The van der Waals surface area contributed by atoms with Crippen molar-refractivity contribution in [2.24, 2.45) is 0 Å². The molecule has 0 saturated heterocycles. The second-order valence-corrected chi connectivity index (χ2v) is 4.26. The Labute approximate surface area is 79.7 Å². The molecule has 0 aliphatic rings. The summed E-state index contributed by atoms with van der Waals surface area (Å²) < 4.78 is 0. The molecule has 0 aromatic carbocycles. The van der Waals surface area contributed by atoms with Crippen LogP contribution in [0.4, 0.5) is 0 Å². The Hall–Kier alpha value is -0.610. The summed E-state index contributed by atoms with van der Waals surface area (Å²) in [6.07, 6.45) is 0. The van der Waals surface area contributed by atoms with Gasteiger partial charge in [-0.05, 0) is 34.7 Å².